The summed E-state index contributed by atoms with van der Waals surface area (Å²) in [6.45, 7) is 1.84. The van der Waals surface area contributed by atoms with Crippen molar-refractivity contribution in [1.82, 2.24) is 4.98 Å². The van der Waals surface area contributed by atoms with Gasteiger partial charge in [0, 0.05) is 11.1 Å². The van der Waals surface area contributed by atoms with Crippen LogP contribution in [0.4, 0.5) is 5.13 Å². The van der Waals surface area contributed by atoms with E-state index in [2.05, 4.69) is 9.71 Å². The summed E-state index contributed by atoms with van der Waals surface area (Å²) in [6, 6.07) is 4.43. The molecule has 0 aliphatic rings. The Morgan fingerprint density at radius 1 is 1.33 bits per heavy atom. The molecule has 0 saturated carbocycles. The van der Waals surface area contributed by atoms with Crippen LogP contribution in [-0.4, -0.2) is 13.4 Å². The predicted molar refractivity (Wildman–Crippen MR) is 74.1 cm³/mol. The summed E-state index contributed by atoms with van der Waals surface area (Å²) in [5.41, 5.74) is 0. The van der Waals surface area contributed by atoms with Gasteiger partial charge in [0.1, 0.15) is 4.90 Å². The lowest BCUT2D eigenvalue weighted by atomic mass is 10.4. The maximum atomic E-state index is 12.1. The Bertz CT molecular complexity index is 683. The van der Waals surface area contributed by atoms with Crippen molar-refractivity contribution < 1.29 is 8.42 Å². The van der Waals surface area contributed by atoms with E-state index in [1.54, 1.807) is 6.20 Å². The standard InChI is InChI=1S/C10H8Cl2N2O2S2/c1-6-5-13-10(17-6)14-18(15,16)8-4-2-3-7(11)9(8)12/h2-5H,1H3,(H,13,14). The van der Waals surface area contributed by atoms with E-state index in [1.165, 1.54) is 29.5 Å². The van der Waals surface area contributed by atoms with E-state index in [4.69, 9.17) is 23.2 Å². The Balaban J connectivity index is 2.40. The summed E-state index contributed by atoms with van der Waals surface area (Å²) >= 11 is 12.9. The van der Waals surface area contributed by atoms with Crippen LogP contribution in [-0.2, 0) is 10.0 Å². The number of rotatable bonds is 3. The minimum atomic E-state index is -3.77. The highest BCUT2D eigenvalue weighted by molar-refractivity contribution is 7.93. The molecular formula is C10H8Cl2N2O2S2. The van der Waals surface area contributed by atoms with E-state index < -0.39 is 10.0 Å². The van der Waals surface area contributed by atoms with Gasteiger partial charge in [0.2, 0.25) is 0 Å². The SMILES string of the molecule is Cc1cnc(NS(=O)(=O)c2cccc(Cl)c2Cl)s1. The number of thiazole rings is 1. The van der Waals surface area contributed by atoms with E-state index >= 15 is 0 Å². The summed E-state index contributed by atoms with van der Waals surface area (Å²) in [5.74, 6) is 0. The Hall–Kier alpha value is -0.820. The lowest BCUT2D eigenvalue weighted by molar-refractivity contribution is 0.601. The van der Waals surface area contributed by atoms with Gasteiger partial charge in [-0.15, -0.1) is 11.3 Å². The second kappa shape index (κ2) is 5.05. The highest BCUT2D eigenvalue weighted by Gasteiger charge is 2.20. The number of halogens is 2. The minimum absolute atomic E-state index is 0.0000512. The molecule has 96 valence electrons. The molecule has 2 aromatic rings. The molecular weight excluding hydrogens is 315 g/mol. The van der Waals surface area contributed by atoms with Crippen LogP contribution in [0, 0.1) is 6.92 Å². The summed E-state index contributed by atoms with van der Waals surface area (Å²) in [4.78, 5) is 4.77. The fraction of sp³-hybridized carbons (Fsp3) is 0.100. The van der Waals surface area contributed by atoms with Crippen molar-refractivity contribution in [3.05, 3.63) is 39.3 Å². The molecule has 0 aliphatic heterocycles. The first-order valence-corrected chi connectivity index (χ1v) is 7.85. The van der Waals surface area contributed by atoms with Gasteiger partial charge < -0.3 is 0 Å². The van der Waals surface area contributed by atoms with E-state index in [9.17, 15) is 8.42 Å². The van der Waals surface area contributed by atoms with Crippen molar-refractivity contribution in [2.24, 2.45) is 0 Å². The first kappa shape index (κ1) is 13.6. The zero-order valence-electron chi connectivity index (χ0n) is 9.15. The van der Waals surface area contributed by atoms with Crippen molar-refractivity contribution in [2.45, 2.75) is 11.8 Å². The summed E-state index contributed by atoms with van der Waals surface area (Å²) in [7, 11) is -3.77. The van der Waals surface area contributed by atoms with Gasteiger partial charge in [-0.3, -0.25) is 4.72 Å². The number of benzene rings is 1. The smallest absolute Gasteiger partial charge is 0.255 e. The molecule has 18 heavy (non-hydrogen) atoms. The van der Waals surface area contributed by atoms with Gasteiger partial charge in [-0.2, -0.15) is 0 Å². The molecule has 0 aliphatic carbocycles. The second-order valence-corrected chi connectivity index (χ2v) is 7.10. The van der Waals surface area contributed by atoms with Crippen LogP contribution >= 0.6 is 34.5 Å². The van der Waals surface area contributed by atoms with Gasteiger partial charge in [0.05, 0.1) is 10.0 Å². The first-order chi connectivity index (χ1) is 8.40. The summed E-state index contributed by atoms with van der Waals surface area (Å²) in [5, 5.41) is 0.485. The Morgan fingerprint density at radius 3 is 2.67 bits per heavy atom. The lowest BCUT2D eigenvalue weighted by Gasteiger charge is -2.07. The predicted octanol–water partition coefficient (Wildman–Crippen LogP) is 3.56. The van der Waals surface area contributed by atoms with Crippen LogP contribution in [0.2, 0.25) is 10.0 Å². The first-order valence-electron chi connectivity index (χ1n) is 4.79. The molecule has 1 aromatic heterocycles. The van der Waals surface area contributed by atoms with E-state index in [-0.39, 0.29) is 14.9 Å². The molecule has 2 rings (SSSR count). The van der Waals surface area contributed by atoms with Crippen LogP contribution in [0.1, 0.15) is 4.88 Å². The van der Waals surface area contributed by atoms with Crippen LogP contribution in [0.5, 0.6) is 0 Å². The fourth-order valence-electron chi connectivity index (χ4n) is 1.26. The third kappa shape index (κ3) is 2.77. The Morgan fingerprint density at radius 2 is 2.06 bits per heavy atom. The monoisotopic (exact) mass is 322 g/mol. The van der Waals surface area contributed by atoms with E-state index in [1.807, 2.05) is 6.92 Å². The van der Waals surface area contributed by atoms with Crippen molar-refractivity contribution in [3.8, 4) is 0 Å². The van der Waals surface area contributed by atoms with Gasteiger partial charge in [-0.05, 0) is 19.1 Å². The van der Waals surface area contributed by atoms with Crippen molar-refractivity contribution >= 4 is 49.7 Å². The topological polar surface area (TPSA) is 59.1 Å². The molecule has 0 unspecified atom stereocenters. The summed E-state index contributed by atoms with van der Waals surface area (Å²) < 4.78 is 26.6. The van der Waals surface area contributed by atoms with E-state index in [0.29, 0.717) is 5.13 Å². The Labute approximate surface area is 119 Å². The molecule has 0 amide bonds. The largest absolute Gasteiger partial charge is 0.265 e. The van der Waals surface area contributed by atoms with Gasteiger partial charge in [-0.1, -0.05) is 29.3 Å². The number of sulfonamides is 1. The van der Waals surface area contributed by atoms with Crippen molar-refractivity contribution in [3.63, 3.8) is 0 Å². The second-order valence-electron chi connectivity index (χ2n) is 3.43. The van der Waals surface area contributed by atoms with Gasteiger partial charge in [-0.25, -0.2) is 13.4 Å². The third-order valence-electron chi connectivity index (χ3n) is 2.05. The number of nitrogens with one attached hydrogen (secondary N) is 1. The highest BCUT2D eigenvalue weighted by atomic mass is 35.5. The van der Waals surface area contributed by atoms with Crippen molar-refractivity contribution in [2.75, 3.05) is 4.72 Å². The van der Waals surface area contributed by atoms with Crippen LogP contribution in [0.15, 0.2) is 29.3 Å². The maximum Gasteiger partial charge on any atom is 0.265 e. The van der Waals surface area contributed by atoms with Gasteiger partial charge in [0.15, 0.2) is 5.13 Å². The van der Waals surface area contributed by atoms with Crippen LogP contribution in [0.3, 0.4) is 0 Å². The average molecular weight is 323 g/mol. The van der Waals surface area contributed by atoms with Crippen LogP contribution < -0.4 is 4.72 Å². The van der Waals surface area contributed by atoms with Gasteiger partial charge in [0.25, 0.3) is 10.0 Å². The molecule has 1 heterocycles. The zero-order valence-corrected chi connectivity index (χ0v) is 12.3. The fourth-order valence-corrected chi connectivity index (χ4v) is 3.93. The minimum Gasteiger partial charge on any atom is -0.255 e. The highest BCUT2D eigenvalue weighted by Crippen LogP contribution is 2.30. The number of anilines is 1. The maximum absolute atomic E-state index is 12.1. The lowest BCUT2D eigenvalue weighted by Crippen LogP contribution is -2.13. The number of aryl methyl sites for hydroxylation is 1. The molecule has 0 atom stereocenters. The number of aromatic nitrogens is 1. The van der Waals surface area contributed by atoms with Gasteiger partial charge >= 0.3 is 0 Å². The molecule has 0 fully saturated rings. The van der Waals surface area contributed by atoms with Crippen LogP contribution in [0.25, 0.3) is 0 Å². The molecule has 8 heteroatoms. The number of nitrogens with zero attached hydrogens (tertiary/aromatic N) is 1. The molecule has 0 spiro atoms. The quantitative estimate of drug-likeness (QED) is 0.939. The molecule has 0 bridgehead atoms. The average Bonchev–Trinajstić information content (AvgIpc) is 2.67. The molecule has 4 nitrogen and oxygen atoms in total. The number of hydrogen-bond acceptors (Lipinski definition) is 4. The molecule has 0 radical (unpaired) electrons. The normalized spacial score (nSPS) is 11.5. The summed E-state index contributed by atoms with van der Waals surface area (Å²) in [6.07, 6.45) is 1.59. The molecule has 1 aromatic carbocycles. The Kier molecular flexibility index (Phi) is 3.82. The van der Waals surface area contributed by atoms with E-state index in [0.717, 1.165) is 4.88 Å². The zero-order chi connectivity index (χ0) is 13.3. The molecule has 1 N–H and O–H groups in total. The molecule has 0 saturated heterocycles. The van der Waals surface area contributed by atoms with Crippen molar-refractivity contribution in [1.29, 1.82) is 0 Å². The third-order valence-corrected chi connectivity index (χ3v) is 5.32. The number of hydrogen-bond donors (Lipinski definition) is 1.